The Hall–Kier alpha value is -1.15. The molecule has 2 amide bonds. The number of carbonyl (C=O) groups excluding carboxylic acids is 2. The molecule has 1 fully saturated rings. The fraction of sp³-hybridized carbons (Fsp3) is 0.909. The number of sulfonamides is 1. The molecular weight excluding hydrogens is 402 g/mol. The van der Waals surface area contributed by atoms with Crippen molar-refractivity contribution in [2.24, 2.45) is 0 Å². The van der Waals surface area contributed by atoms with Crippen molar-refractivity contribution in [1.82, 2.24) is 14.9 Å². The van der Waals surface area contributed by atoms with Crippen LogP contribution in [0.3, 0.4) is 0 Å². The molecule has 0 unspecified atom stereocenters. The van der Waals surface area contributed by atoms with Gasteiger partial charge in [0.15, 0.2) is 0 Å². The predicted octanol–water partition coefficient (Wildman–Crippen LogP) is 3.34. The summed E-state index contributed by atoms with van der Waals surface area (Å²) in [7, 11) is -3.36. The molecule has 0 radical (unpaired) electrons. The van der Waals surface area contributed by atoms with Crippen LogP contribution in [-0.2, 0) is 19.6 Å². The van der Waals surface area contributed by atoms with Crippen molar-refractivity contribution in [1.29, 1.82) is 0 Å². The van der Waals surface area contributed by atoms with Gasteiger partial charge in [-0.05, 0) is 25.7 Å². The smallest absolute Gasteiger partial charge is 0.238 e. The van der Waals surface area contributed by atoms with Crippen molar-refractivity contribution in [2.75, 3.05) is 25.9 Å². The molecule has 0 aromatic carbocycles. The molecule has 30 heavy (non-hydrogen) atoms. The van der Waals surface area contributed by atoms with Crippen LogP contribution in [0, 0.1) is 0 Å². The van der Waals surface area contributed by atoms with Crippen molar-refractivity contribution in [2.45, 2.75) is 103 Å². The van der Waals surface area contributed by atoms with E-state index in [9.17, 15) is 18.0 Å². The topological polar surface area (TPSA) is 95.6 Å². The van der Waals surface area contributed by atoms with Gasteiger partial charge in [-0.2, -0.15) is 4.31 Å². The Morgan fingerprint density at radius 1 is 0.867 bits per heavy atom. The number of carbonyl (C=O) groups is 2. The molecule has 0 spiro atoms. The summed E-state index contributed by atoms with van der Waals surface area (Å²) in [4.78, 5) is 24.1. The Morgan fingerprint density at radius 3 is 2.03 bits per heavy atom. The van der Waals surface area contributed by atoms with E-state index in [-0.39, 0.29) is 11.8 Å². The van der Waals surface area contributed by atoms with Gasteiger partial charge in [-0.3, -0.25) is 9.59 Å². The average molecular weight is 446 g/mol. The fourth-order valence-corrected chi connectivity index (χ4v) is 5.03. The molecule has 0 aromatic rings. The van der Waals surface area contributed by atoms with E-state index >= 15 is 0 Å². The predicted molar refractivity (Wildman–Crippen MR) is 122 cm³/mol. The minimum absolute atomic E-state index is 0.0128. The number of nitrogens with zero attached hydrogens (tertiary/aromatic N) is 1. The van der Waals surface area contributed by atoms with E-state index < -0.39 is 16.1 Å². The number of hydrogen-bond donors (Lipinski definition) is 2. The maximum Gasteiger partial charge on any atom is 0.238 e. The van der Waals surface area contributed by atoms with E-state index in [2.05, 4.69) is 17.6 Å². The summed E-state index contributed by atoms with van der Waals surface area (Å²) in [5, 5.41) is 5.71. The normalized spacial score (nSPS) is 17.2. The summed E-state index contributed by atoms with van der Waals surface area (Å²) in [5.74, 6) is -0.248. The van der Waals surface area contributed by atoms with E-state index in [0.717, 1.165) is 19.1 Å². The van der Waals surface area contributed by atoms with Gasteiger partial charge in [-0.15, -0.1) is 0 Å². The van der Waals surface area contributed by atoms with Crippen molar-refractivity contribution >= 4 is 21.8 Å². The zero-order valence-electron chi connectivity index (χ0n) is 19.1. The maximum atomic E-state index is 12.2. The van der Waals surface area contributed by atoms with E-state index in [0.29, 0.717) is 45.3 Å². The SMILES string of the molecule is CCCCCCCCCCCCNC(=O)CCCNC(=O)[C@@H]1CCCN1S(C)(=O)=O. The Kier molecular flexibility index (Phi) is 14.0. The lowest BCUT2D eigenvalue weighted by atomic mass is 10.1. The molecule has 0 bridgehead atoms. The van der Waals surface area contributed by atoms with Crippen LogP contribution in [0.15, 0.2) is 0 Å². The highest BCUT2D eigenvalue weighted by Gasteiger charge is 2.36. The third-order valence-electron chi connectivity index (χ3n) is 5.66. The largest absolute Gasteiger partial charge is 0.356 e. The summed E-state index contributed by atoms with van der Waals surface area (Å²) < 4.78 is 24.7. The van der Waals surface area contributed by atoms with Crippen LogP contribution in [0.2, 0.25) is 0 Å². The van der Waals surface area contributed by atoms with Gasteiger partial charge in [0.1, 0.15) is 6.04 Å². The van der Waals surface area contributed by atoms with Gasteiger partial charge in [0.25, 0.3) is 0 Å². The van der Waals surface area contributed by atoms with E-state index in [1.54, 1.807) is 0 Å². The van der Waals surface area contributed by atoms with Gasteiger partial charge < -0.3 is 10.6 Å². The minimum Gasteiger partial charge on any atom is -0.356 e. The summed E-state index contributed by atoms with van der Waals surface area (Å²) in [6.07, 6.45) is 16.1. The minimum atomic E-state index is -3.36. The van der Waals surface area contributed by atoms with Crippen LogP contribution >= 0.6 is 0 Å². The van der Waals surface area contributed by atoms with Crippen LogP contribution in [-0.4, -0.2) is 56.5 Å². The zero-order chi connectivity index (χ0) is 22.2. The molecule has 0 aliphatic carbocycles. The lowest BCUT2D eigenvalue weighted by molar-refractivity contribution is -0.125. The van der Waals surface area contributed by atoms with Crippen LogP contribution in [0.4, 0.5) is 0 Å². The summed E-state index contributed by atoms with van der Waals surface area (Å²) >= 11 is 0. The van der Waals surface area contributed by atoms with Crippen LogP contribution in [0.1, 0.15) is 96.8 Å². The van der Waals surface area contributed by atoms with Gasteiger partial charge >= 0.3 is 0 Å². The van der Waals surface area contributed by atoms with Crippen molar-refractivity contribution in [3.8, 4) is 0 Å². The second-order valence-corrected chi connectivity index (χ2v) is 10.4. The fourth-order valence-electron chi connectivity index (χ4n) is 3.91. The summed E-state index contributed by atoms with van der Waals surface area (Å²) in [6.45, 7) is 3.74. The second-order valence-electron chi connectivity index (χ2n) is 8.46. The highest BCUT2D eigenvalue weighted by atomic mass is 32.2. The molecule has 1 rings (SSSR count). The van der Waals surface area contributed by atoms with Gasteiger partial charge in [-0.1, -0.05) is 64.7 Å². The van der Waals surface area contributed by atoms with E-state index in [4.69, 9.17) is 0 Å². The van der Waals surface area contributed by atoms with Gasteiger partial charge in [0.2, 0.25) is 21.8 Å². The van der Waals surface area contributed by atoms with Gasteiger partial charge in [0.05, 0.1) is 6.26 Å². The molecule has 1 saturated heterocycles. The summed E-state index contributed by atoms with van der Waals surface area (Å²) in [6, 6.07) is -0.606. The van der Waals surface area contributed by atoms with E-state index in [1.807, 2.05) is 0 Å². The molecule has 1 aliphatic rings. The number of hydrogen-bond acceptors (Lipinski definition) is 4. The maximum absolute atomic E-state index is 12.2. The monoisotopic (exact) mass is 445 g/mol. The Bertz CT molecular complexity index is 595. The van der Waals surface area contributed by atoms with Crippen LogP contribution in [0.5, 0.6) is 0 Å². The van der Waals surface area contributed by atoms with Crippen molar-refractivity contribution in [3.05, 3.63) is 0 Å². The standard InChI is InChI=1S/C22H43N3O4S/c1-3-4-5-6-7-8-9-10-11-12-17-23-21(26)16-13-18-24-22(27)20-15-14-19-25(20)30(2,28)29/h20H,3-19H2,1-2H3,(H,23,26)(H,24,27)/t20-/m0/s1. The Labute approximate surface area is 183 Å². The van der Waals surface area contributed by atoms with Crippen molar-refractivity contribution < 1.29 is 18.0 Å². The first-order valence-corrected chi connectivity index (χ1v) is 13.7. The second kappa shape index (κ2) is 15.6. The lowest BCUT2D eigenvalue weighted by Crippen LogP contribution is -2.45. The third kappa shape index (κ3) is 11.9. The molecule has 176 valence electrons. The first-order valence-electron chi connectivity index (χ1n) is 11.9. The lowest BCUT2D eigenvalue weighted by Gasteiger charge is -2.21. The Morgan fingerprint density at radius 2 is 1.43 bits per heavy atom. The van der Waals surface area contributed by atoms with E-state index in [1.165, 1.54) is 55.7 Å². The molecule has 1 heterocycles. The third-order valence-corrected chi connectivity index (χ3v) is 6.95. The average Bonchev–Trinajstić information content (AvgIpc) is 3.20. The molecule has 7 nitrogen and oxygen atoms in total. The molecule has 1 aliphatic heterocycles. The molecule has 2 N–H and O–H groups in total. The Balaban J connectivity index is 1.97. The van der Waals surface area contributed by atoms with Gasteiger partial charge in [0, 0.05) is 26.1 Å². The molecular formula is C22H43N3O4S. The molecule has 1 atom stereocenters. The number of unbranched alkanes of at least 4 members (excludes halogenated alkanes) is 9. The number of nitrogens with one attached hydrogen (secondary N) is 2. The first kappa shape index (κ1) is 26.9. The summed E-state index contributed by atoms with van der Waals surface area (Å²) in [5.41, 5.74) is 0. The highest BCUT2D eigenvalue weighted by Crippen LogP contribution is 2.20. The number of amides is 2. The number of rotatable bonds is 17. The van der Waals surface area contributed by atoms with Crippen LogP contribution < -0.4 is 10.6 Å². The first-order chi connectivity index (χ1) is 14.4. The van der Waals surface area contributed by atoms with Crippen molar-refractivity contribution in [3.63, 3.8) is 0 Å². The van der Waals surface area contributed by atoms with Crippen LogP contribution in [0.25, 0.3) is 0 Å². The van der Waals surface area contributed by atoms with Gasteiger partial charge in [-0.25, -0.2) is 8.42 Å². The highest BCUT2D eigenvalue weighted by molar-refractivity contribution is 7.88. The molecule has 0 aromatic heterocycles. The quantitative estimate of drug-likeness (QED) is 0.336. The molecule has 0 saturated carbocycles. The molecule has 8 heteroatoms. The zero-order valence-corrected chi connectivity index (χ0v) is 19.9.